The van der Waals surface area contributed by atoms with E-state index in [0.29, 0.717) is 6.42 Å². The highest BCUT2D eigenvalue weighted by Gasteiger charge is 2.12. The van der Waals surface area contributed by atoms with Gasteiger partial charge in [0.15, 0.2) is 0 Å². The van der Waals surface area contributed by atoms with E-state index in [0.717, 1.165) is 29.0 Å². The summed E-state index contributed by atoms with van der Waals surface area (Å²) in [6.07, 6.45) is 3.57. The number of aromatic nitrogens is 1. The van der Waals surface area contributed by atoms with Crippen LogP contribution in [0, 0.1) is 5.82 Å². The van der Waals surface area contributed by atoms with Gasteiger partial charge in [-0.15, -0.1) is 0 Å². The first-order valence-electron chi connectivity index (χ1n) is 8.31. The number of fused-ring (bicyclic) bond motifs is 1. The first-order valence-corrected chi connectivity index (χ1v) is 8.31. The smallest absolute Gasteiger partial charge is 0.337 e. The van der Waals surface area contributed by atoms with Crippen molar-refractivity contribution in [3.63, 3.8) is 0 Å². The highest BCUT2D eigenvalue weighted by molar-refractivity contribution is 5.94. The number of ether oxygens (including phenoxy) is 1. The first-order chi connectivity index (χ1) is 12.6. The van der Waals surface area contributed by atoms with E-state index in [1.807, 2.05) is 30.5 Å². The second-order valence-corrected chi connectivity index (χ2v) is 5.95. The minimum Gasteiger partial charge on any atom is -0.465 e. The molecule has 0 saturated heterocycles. The van der Waals surface area contributed by atoms with E-state index in [9.17, 15) is 14.0 Å². The number of anilines is 1. The van der Waals surface area contributed by atoms with Gasteiger partial charge >= 0.3 is 5.97 Å². The van der Waals surface area contributed by atoms with Crippen LogP contribution in [0.4, 0.5) is 10.1 Å². The van der Waals surface area contributed by atoms with Crippen LogP contribution < -0.4 is 5.32 Å². The number of hydrogen-bond donors (Lipinski definition) is 2. The Hall–Kier alpha value is -3.15. The van der Waals surface area contributed by atoms with Crippen LogP contribution in [0.2, 0.25) is 0 Å². The minimum absolute atomic E-state index is 0.0232. The summed E-state index contributed by atoms with van der Waals surface area (Å²) in [4.78, 5) is 26.8. The lowest BCUT2D eigenvalue weighted by atomic mass is 10.1. The Kier molecular flexibility index (Phi) is 5.31. The van der Waals surface area contributed by atoms with Crippen molar-refractivity contribution in [2.24, 2.45) is 0 Å². The number of carbonyl (C=O) groups excluding carboxylic acids is 2. The van der Waals surface area contributed by atoms with Gasteiger partial charge in [-0.05, 0) is 42.7 Å². The SMILES string of the molecule is COC(=O)c1ccc(F)c(NC(=O)CCCc2c[nH]c3ccccc23)c1. The van der Waals surface area contributed by atoms with Crippen LogP contribution in [-0.2, 0) is 16.0 Å². The summed E-state index contributed by atoms with van der Waals surface area (Å²) in [7, 11) is 1.24. The number of rotatable bonds is 6. The molecule has 0 spiro atoms. The summed E-state index contributed by atoms with van der Waals surface area (Å²) in [5.74, 6) is -1.48. The van der Waals surface area contributed by atoms with Crippen LogP contribution in [0.1, 0.15) is 28.8 Å². The molecule has 1 heterocycles. The molecule has 3 aromatic rings. The molecule has 134 valence electrons. The quantitative estimate of drug-likeness (QED) is 0.656. The molecule has 5 nitrogen and oxygen atoms in total. The summed E-state index contributed by atoms with van der Waals surface area (Å²) in [5.41, 5.74) is 2.37. The molecule has 0 fully saturated rings. The van der Waals surface area contributed by atoms with Gasteiger partial charge < -0.3 is 15.0 Å². The molecule has 6 heteroatoms. The van der Waals surface area contributed by atoms with E-state index in [-0.39, 0.29) is 23.6 Å². The Bertz CT molecular complexity index is 949. The molecular weight excluding hydrogens is 335 g/mol. The van der Waals surface area contributed by atoms with Crippen molar-refractivity contribution < 1.29 is 18.7 Å². The molecule has 2 N–H and O–H groups in total. The van der Waals surface area contributed by atoms with Crippen molar-refractivity contribution in [3.05, 3.63) is 65.6 Å². The summed E-state index contributed by atoms with van der Waals surface area (Å²) in [6, 6.07) is 11.7. The Morgan fingerprint density at radius 3 is 2.81 bits per heavy atom. The molecule has 0 aliphatic carbocycles. The molecule has 0 saturated carbocycles. The maximum atomic E-state index is 13.8. The average Bonchev–Trinajstić information content (AvgIpc) is 3.06. The van der Waals surface area contributed by atoms with E-state index >= 15 is 0 Å². The highest BCUT2D eigenvalue weighted by atomic mass is 19.1. The third kappa shape index (κ3) is 3.91. The van der Waals surface area contributed by atoms with Gasteiger partial charge in [0.05, 0.1) is 18.4 Å². The van der Waals surface area contributed by atoms with E-state index in [1.54, 1.807) is 0 Å². The lowest BCUT2D eigenvalue weighted by molar-refractivity contribution is -0.116. The zero-order valence-electron chi connectivity index (χ0n) is 14.3. The topological polar surface area (TPSA) is 71.2 Å². The standard InChI is InChI=1S/C20H19FN2O3/c1-26-20(25)13-9-10-16(21)18(11-13)23-19(24)8-4-5-14-12-22-17-7-3-2-6-15(14)17/h2-3,6-7,9-12,22H,4-5,8H2,1H3,(H,23,24). The van der Waals surface area contributed by atoms with Crippen LogP contribution in [0.25, 0.3) is 10.9 Å². The summed E-state index contributed by atoms with van der Waals surface area (Å²) in [5, 5.41) is 3.66. The zero-order valence-corrected chi connectivity index (χ0v) is 14.3. The fourth-order valence-electron chi connectivity index (χ4n) is 2.86. The van der Waals surface area contributed by atoms with Crippen LogP contribution in [0.3, 0.4) is 0 Å². The van der Waals surface area contributed by atoms with Crippen LogP contribution in [-0.4, -0.2) is 24.0 Å². The van der Waals surface area contributed by atoms with E-state index in [1.165, 1.54) is 19.2 Å². The number of methoxy groups -OCH3 is 1. The fraction of sp³-hybridized carbons (Fsp3) is 0.200. The van der Waals surface area contributed by atoms with Gasteiger partial charge in [-0.1, -0.05) is 18.2 Å². The number of aromatic amines is 1. The zero-order chi connectivity index (χ0) is 18.5. The Labute approximate surface area is 150 Å². The third-order valence-electron chi connectivity index (χ3n) is 4.19. The molecule has 3 rings (SSSR count). The van der Waals surface area contributed by atoms with Crippen molar-refractivity contribution >= 4 is 28.5 Å². The molecule has 1 aromatic heterocycles. The maximum Gasteiger partial charge on any atom is 0.337 e. The fourth-order valence-corrected chi connectivity index (χ4v) is 2.86. The molecule has 0 bridgehead atoms. The van der Waals surface area contributed by atoms with Crippen LogP contribution in [0.15, 0.2) is 48.7 Å². The minimum atomic E-state index is -0.595. The van der Waals surface area contributed by atoms with Gasteiger partial charge in [-0.2, -0.15) is 0 Å². The van der Waals surface area contributed by atoms with Gasteiger partial charge in [0.1, 0.15) is 5.82 Å². The van der Waals surface area contributed by atoms with Gasteiger partial charge in [0, 0.05) is 23.5 Å². The summed E-state index contributed by atoms with van der Waals surface area (Å²) < 4.78 is 18.4. The summed E-state index contributed by atoms with van der Waals surface area (Å²) >= 11 is 0. The second kappa shape index (κ2) is 7.82. The van der Waals surface area contributed by atoms with Crippen molar-refractivity contribution in [2.45, 2.75) is 19.3 Å². The van der Waals surface area contributed by atoms with Crippen molar-refractivity contribution in [2.75, 3.05) is 12.4 Å². The molecule has 26 heavy (non-hydrogen) atoms. The number of para-hydroxylation sites is 1. The van der Waals surface area contributed by atoms with E-state index < -0.39 is 11.8 Å². The molecule has 0 atom stereocenters. The normalized spacial score (nSPS) is 10.7. The number of hydrogen-bond acceptors (Lipinski definition) is 3. The number of amides is 1. The Balaban J connectivity index is 1.58. The monoisotopic (exact) mass is 354 g/mol. The number of nitrogens with one attached hydrogen (secondary N) is 2. The van der Waals surface area contributed by atoms with Crippen molar-refractivity contribution in [3.8, 4) is 0 Å². The van der Waals surface area contributed by atoms with Gasteiger partial charge in [-0.25, -0.2) is 9.18 Å². The van der Waals surface area contributed by atoms with Crippen LogP contribution in [0.5, 0.6) is 0 Å². The largest absolute Gasteiger partial charge is 0.465 e. The molecule has 1 amide bonds. The third-order valence-corrected chi connectivity index (χ3v) is 4.19. The number of benzene rings is 2. The van der Waals surface area contributed by atoms with Gasteiger partial charge in [-0.3, -0.25) is 4.79 Å². The van der Waals surface area contributed by atoms with E-state index in [2.05, 4.69) is 15.0 Å². The maximum absolute atomic E-state index is 13.8. The number of H-pyrrole nitrogens is 1. The first kappa shape index (κ1) is 17.7. The average molecular weight is 354 g/mol. The van der Waals surface area contributed by atoms with Gasteiger partial charge in [0.2, 0.25) is 5.91 Å². The lowest BCUT2D eigenvalue weighted by Gasteiger charge is -2.08. The number of halogens is 1. The van der Waals surface area contributed by atoms with Gasteiger partial charge in [0.25, 0.3) is 0 Å². The van der Waals surface area contributed by atoms with Crippen molar-refractivity contribution in [1.82, 2.24) is 4.98 Å². The molecular formula is C20H19FN2O3. The number of esters is 1. The molecule has 2 aromatic carbocycles. The summed E-state index contributed by atoms with van der Waals surface area (Å²) in [6.45, 7) is 0. The Morgan fingerprint density at radius 2 is 2.00 bits per heavy atom. The highest BCUT2D eigenvalue weighted by Crippen LogP contribution is 2.20. The second-order valence-electron chi connectivity index (χ2n) is 5.95. The molecule has 0 aliphatic heterocycles. The molecule has 0 aliphatic rings. The number of carbonyl (C=O) groups is 2. The molecule has 0 radical (unpaired) electrons. The van der Waals surface area contributed by atoms with Crippen molar-refractivity contribution in [1.29, 1.82) is 0 Å². The number of aryl methyl sites for hydroxylation is 1. The Morgan fingerprint density at radius 1 is 1.19 bits per heavy atom. The van der Waals surface area contributed by atoms with Crippen LogP contribution >= 0.6 is 0 Å². The lowest BCUT2D eigenvalue weighted by Crippen LogP contribution is -2.13. The van der Waals surface area contributed by atoms with E-state index in [4.69, 9.17) is 0 Å². The predicted octanol–water partition coefficient (Wildman–Crippen LogP) is 4.06. The molecule has 0 unspecified atom stereocenters. The predicted molar refractivity (Wildman–Crippen MR) is 97.6 cm³/mol.